The van der Waals surface area contributed by atoms with Gasteiger partial charge in [0.25, 0.3) is 0 Å². The van der Waals surface area contributed by atoms with Gasteiger partial charge in [0.15, 0.2) is 12.4 Å². The lowest BCUT2D eigenvalue weighted by Crippen LogP contribution is -2.32. The van der Waals surface area contributed by atoms with E-state index in [0.29, 0.717) is 16.7 Å². The van der Waals surface area contributed by atoms with Crippen LogP contribution in [0.2, 0.25) is 0 Å². The first-order chi connectivity index (χ1) is 76.8. The first-order valence-electron chi connectivity index (χ1n) is 55.5. The van der Waals surface area contributed by atoms with Crippen LogP contribution in [-0.4, -0.2) is 0 Å². The third kappa shape index (κ3) is 14.9. The highest BCUT2D eigenvalue weighted by Gasteiger charge is 2.32. The van der Waals surface area contributed by atoms with Crippen molar-refractivity contribution in [2.24, 2.45) is 35.2 Å². The normalized spacial score (nSPS) is 13.0. The Balaban J connectivity index is 0.0000000987. The summed E-state index contributed by atoms with van der Waals surface area (Å²) in [5, 5.41) is 29.3. The third-order valence-corrected chi connectivity index (χ3v) is 31.4. The number of aromatic nitrogens is 5. The average molecular weight is 1950 g/mol. The van der Waals surface area contributed by atoms with Crippen LogP contribution in [0.1, 0.15) is 68.0 Å². The molecule has 0 saturated heterocycles. The van der Waals surface area contributed by atoms with Gasteiger partial charge in [0.1, 0.15) is 91.1 Å². The second-order valence-electron chi connectivity index (χ2n) is 40.2. The summed E-state index contributed by atoms with van der Waals surface area (Å²) in [4.78, 5) is 0. The lowest BCUT2D eigenvalue weighted by atomic mass is 9.94. The second kappa shape index (κ2) is 36.2. The molecule has 0 aliphatic carbocycles. The summed E-state index contributed by atoms with van der Waals surface area (Å²) in [6, 6.07) is 131. The number of rotatable bonds is 5. The number of pyridine rings is 5. The van der Waals surface area contributed by atoms with E-state index in [4.69, 9.17) is 34.4 Å². The highest BCUT2D eigenvalue weighted by Crippen LogP contribution is 2.49. The van der Waals surface area contributed by atoms with Crippen molar-refractivity contribution in [3.05, 3.63) is 450 Å². The van der Waals surface area contributed by atoms with Crippen LogP contribution in [0, 0.1) is 69.0 Å². The van der Waals surface area contributed by atoms with Gasteiger partial charge in [-0.05, 0) is 247 Å². The molecule has 720 valence electrons. The molecule has 150 heavy (non-hydrogen) atoms. The lowest BCUT2D eigenvalue weighted by molar-refractivity contribution is -0.659. The Hall–Kier alpha value is -18.3. The van der Waals surface area contributed by atoms with Crippen molar-refractivity contribution in [2.45, 2.75) is 69.0 Å². The predicted molar refractivity (Wildman–Crippen MR) is 624 cm³/mol. The molecule has 10 nitrogen and oxygen atoms in total. The van der Waals surface area contributed by atoms with E-state index < -0.39 is 20.6 Å². The number of hydrogen-bond acceptors (Lipinski definition) is 5. The van der Waals surface area contributed by atoms with Gasteiger partial charge >= 0.3 is 0 Å². The van der Waals surface area contributed by atoms with Crippen LogP contribution < -0.4 is 22.8 Å². The van der Waals surface area contributed by atoms with Crippen LogP contribution >= 0.6 is 0 Å². The highest BCUT2D eigenvalue weighted by atomic mass is 16.3. The zero-order chi connectivity index (χ0) is 110. The van der Waals surface area contributed by atoms with E-state index in [1.807, 2.05) is 127 Å². The Morgan fingerprint density at radius 1 is 0.167 bits per heavy atom. The molecule has 0 saturated carbocycles. The number of fused-ring (bicyclic) bond motifs is 30. The van der Waals surface area contributed by atoms with Crippen LogP contribution in [-0.2, 0) is 35.2 Å². The maximum atomic E-state index is 8.26. The molecule has 0 aliphatic heterocycles. The number of furan rings is 5. The van der Waals surface area contributed by atoms with Gasteiger partial charge in [-0.2, -0.15) is 13.7 Å². The van der Waals surface area contributed by atoms with Crippen molar-refractivity contribution in [2.75, 3.05) is 0 Å². The van der Waals surface area contributed by atoms with Crippen molar-refractivity contribution >= 4 is 218 Å². The smallest absolute Gasteiger partial charge is 0.217 e. The summed E-state index contributed by atoms with van der Waals surface area (Å²) >= 11 is 0. The highest BCUT2D eigenvalue weighted by molar-refractivity contribution is 6.23. The van der Waals surface area contributed by atoms with E-state index in [1.165, 1.54) is 81.5 Å². The number of benzene rings is 20. The maximum Gasteiger partial charge on any atom is 0.217 e. The number of aryl methyl sites for hydroxylation is 12. The summed E-state index contributed by atoms with van der Waals surface area (Å²) in [7, 11) is 10.3. The maximum absolute atomic E-state index is 8.26. The molecule has 0 unspecified atom stereocenters. The minimum Gasteiger partial charge on any atom is -0.454 e. The Morgan fingerprint density at radius 3 is 0.847 bits per heavy atom. The Morgan fingerprint density at radius 2 is 0.433 bits per heavy atom. The van der Waals surface area contributed by atoms with E-state index >= 15 is 0 Å². The molecular weight excluding hydrogens is 1830 g/mol. The van der Waals surface area contributed by atoms with E-state index in [2.05, 4.69) is 356 Å². The largest absolute Gasteiger partial charge is 0.454 e. The van der Waals surface area contributed by atoms with Gasteiger partial charge in [-0.25, -0.2) is 9.13 Å². The lowest BCUT2D eigenvalue weighted by Gasteiger charge is -2.11. The topological polar surface area (TPSA) is 85.1 Å². The summed E-state index contributed by atoms with van der Waals surface area (Å²) in [5.41, 5.74) is 29.7. The molecule has 0 fully saturated rings. The van der Waals surface area contributed by atoms with E-state index in [9.17, 15) is 0 Å². The van der Waals surface area contributed by atoms with Crippen molar-refractivity contribution in [1.82, 2.24) is 0 Å². The van der Waals surface area contributed by atoms with E-state index in [-0.39, 0.29) is 0 Å². The standard InChI is InChI=1S/2C29H24NO.C28H22NO.2C27H20NO/c1-17-15-24-23-14-13-20-9-5-6-11-22(20)28(23)31-29(24)27(19(17)3)26-16-18(2)21-10-7-8-12-25(21)30(26)4;1-17-8-7-11-25-21(17)14-15-26(30(25)4)27-19(3)18(2)16-24-23-13-12-20-9-5-6-10-22(20)28(23)31-29(24)27;1-17-14-24-23-13-12-19-8-6-7-11-22(19)27(23)30-28(24)26(18(17)2)25-15-20-9-4-5-10-21(20)16-29(25)3;1-17-11-14-22-21-15-12-18-7-3-5-9-20(18)26(21)29-27(22)25(17)24-16-13-19-8-4-6-10-23(19)28(24)2;1-17-11-13-23-22-14-12-18-7-5-6-10-21(18)26(22)29-27(23)25(17)24-15-19-8-3-4-9-20(19)16-28(24)2/h2*5-16H,1-4H3;4-16H,1-3H3;2*3-16H,1-2H3/q5*+1/i1D3;2D3;1D3;;. The Bertz CT molecular complexity index is 11200. The molecule has 0 aliphatic rings. The summed E-state index contributed by atoms with van der Waals surface area (Å²) in [6.07, 6.45) is 4.27. The van der Waals surface area contributed by atoms with Crippen molar-refractivity contribution in [3.63, 3.8) is 0 Å². The molecule has 0 N–H and O–H groups in total. The van der Waals surface area contributed by atoms with Crippen LogP contribution in [0.5, 0.6) is 0 Å². The molecule has 30 aromatic rings. The fraction of sp³-hybridized carbons (Fsp3) is 0.107. The molecule has 0 atom stereocenters. The summed E-state index contributed by atoms with van der Waals surface area (Å²) in [5.74, 6) is 0. The zero-order valence-electron chi connectivity index (χ0n) is 94.3. The molecule has 0 amide bonds. The Labute approximate surface area is 880 Å². The molecule has 0 bridgehead atoms. The number of nitrogens with zero attached hydrogens (tertiary/aromatic N) is 5. The van der Waals surface area contributed by atoms with Gasteiger partial charge in [-0.15, -0.1) is 0 Å². The van der Waals surface area contributed by atoms with Crippen LogP contribution in [0.3, 0.4) is 0 Å². The molecule has 20 aromatic carbocycles. The fourth-order valence-electron chi connectivity index (χ4n) is 23.4. The Kier molecular flexibility index (Phi) is 19.8. The molecule has 10 heteroatoms. The molecule has 10 aromatic heterocycles. The second-order valence-corrected chi connectivity index (χ2v) is 40.2. The van der Waals surface area contributed by atoms with E-state index in [0.717, 1.165) is 232 Å². The molecule has 30 rings (SSSR count). The average Bonchev–Trinajstić information content (AvgIpc) is 1.61. The summed E-state index contributed by atoms with van der Waals surface area (Å²) in [6.45, 7) is 7.49. The third-order valence-electron chi connectivity index (χ3n) is 31.4. The van der Waals surface area contributed by atoms with Crippen molar-refractivity contribution in [1.29, 1.82) is 0 Å². The van der Waals surface area contributed by atoms with Crippen molar-refractivity contribution < 1.29 is 57.3 Å². The van der Waals surface area contributed by atoms with Gasteiger partial charge in [0.2, 0.25) is 45.0 Å². The quantitative estimate of drug-likeness (QED) is 0.160. The minimum absolute atomic E-state index is 0.356. The SMILES string of the molecule is Cc1ccc2c(oc3c4ccccc4ccc23)c1-c1cc2ccccc2c[n+]1C.Cc1ccc2c(oc3c4ccccc4ccc23)c1-c1ccc2ccccc2[n+]1C.[2H]C([2H])([2H])c1cc2c(oc3c4ccccc4ccc23)c(-c2cc(C)c3ccccc3[n+]2C)c1C.[2H]C([2H])([2H])c1cc2c(oc3c4ccccc4ccc23)c(-c2cc3ccccc3c[n+]2C)c1C.[2H]C([2H])([2H])c1cc2c(oc3c4ccccc4ccc23)c(-c2ccc3c(C)cccc3[n+]2C)c1C. The molecule has 0 radical (unpaired) electrons. The van der Waals surface area contributed by atoms with Crippen LogP contribution in [0.25, 0.3) is 274 Å². The van der Waals surface area contributed by atoms with Crippen molar-refractivity contribution in [3.8, 4) is 56.3 Å². The van der Waals surface area contributed by atoms with Gasteiger partial charge in [-0.1, -0.05) is 249 Å². The van der Waals surface area contributed by atoms with Crippen LogP contribution in [0.15, 0.2) is 417 Å². The van der Waals surface area contributed by atoms with Gasteiger partial charge < -0.3 is 22.1 Å². The van der Waals surface area contributed by atoms with Crippen LogP contribution in [0.4, 0.5) is 0 Å². The number of para-hydroxylation sites is 2. The first-order valence-corrected chi connectivity index (χ1v) is 51.0. The van der Waals surface area contributed by atoms with Gasteiger partial charge in [-0.3, -0.25) is 0 Å². The monoisotopic (exact) mass is 1950 g/mol. The molecule has 10 heterocycles. The minimum atomic E-state index is -2.24. The predicted octanol–water partition coefficient (Wildman–Crippen LogP) is 35.0. The van der Waals surface area contributed by atoms with E-state index in [1.54, 1.807) is 18.2 Å². The first kappa shape index (κ1) is 82.0. The fourth-order valence-corrected chi connectivity index (χ4v) is 23.4. The van der Waals surface area contributed by atoms with Gasteiger partial charge in [0.05, 0.1) is 27.8 Å². The van der Waals surface area contributed by atoms with Gasteiger partial charge in [0, 0.05) is 169 Å². The molecule has 0 spiro atoms. The molecular formula is C140H110N5O5+5. The summed E-state index contributed by atoms with van der Waals surface area (Å²) < 4.78 is 118. The number of hydrogen-bond donors (Lipinski definition) is 0. The zero-order valence-corrected chi connectivity index (χ0v) is 85.3.